The molecule has 0 spiro atoms. The lowest BCUT2D eigenvalue weighted by atomic mass is 9.85. The van der Waals surface area contributed by atoms with Crippen LogP contribution in [0.1, 0.15) is 12.0 Å². The first kappa shape index (κ1) is 14.2. The predicted molar refractivity (Wildman–Crippen MR) is 84.2 cm³/mol. The molecule has 1 heterocycles. The van der Waals surface area contributed by atoms with Crippen LogP contribution in [0, 0.1) is 30.6 Å². The summed E-state index contributed by atoms with van der Waals surface area (Å²) >= 11 is 0. The van der Waals surface area contributed by atoms with Gasteiger partial charge in [-0.05, 0) is 42.9 Å². The first-order chi connectivity index (χ1) is 11.0. The maximum Gasteiger partial charge on any atom is 0.244 e. The molecule has 2 fully saturated rings. The lowest BCUT2D eigenvalue weighted by Gasteiger charge is -2.16. The summed E-state index contributed by atoms with van der Waals surface area (Å²) in [4.78, 5) is 38.4. The molecule has 4 rings (SSSR count). The molecule has 0 unspecified atom stereocenters. The van der Waals surface area contributed by atoms with Crippen LogP contribution in [-0.4, -0.2) is 29.2 Å². The third-order valence-corrected chi connectivity index (χ3v) is 5.17. The van der Waals surface area contributed by atoms with Crippen molar-refractivity contribution in [1.82, 2.24) is 4.90 Å². The zero-order valence-corrected chi connectivity index (χ0v) is 12.9. The molecular weight excluding hydrogens is 292 g/mol. The van der Waals surface area contributed by atoms with Crippen molar-refractivity contribution in [1.29, 1.82) is 0 Å². The van der Waals surface area contributed by atoms with E-state index in [2.05, 4.69) is 5.32 Å². The van der Waals surface area contributed by atoms with Gasteiger partial charge in [0.15, 0.2) is 0 Å². The molecular formula is C18H18N2O3. The Morgan fingerprint density at radius 1 is 1.17 bits per heavy atom. The number of rotatable bonds is 3. The highest BCUT2D eigenvalue weighted by molar-refractivity contribution is 6.09. The van der Waals surface area contributed by atoms with Crippen LogP contribution in [0.4, 0.5) is 5.69 Å². The number of nitrogens with zero attached hydrogens (tertiary/aromatic N) is 1. The van der Waals surface area contributed by atoms with E-state index in [1.807, 2.05) is 37.3 Å². The first-order valence-electron chi connectivity index (χ1n) is 7.94. The Morgan fingerprint density at radius 3 is 2.43 bits per heavy atom. The summed E-state index contributed by atoms with van der Waals surface area (Å²) in [5.74, 6) is -0.851. The normalized spacial score (nSPS) is 30.9. The maximum absolute atomic E-state index is 12.5. The largest absolute Gasteiger partial charge is 0.325 e. The van der Waals surface area contributed by atoms with Gasteiger partial charge in [0.25, 0.3) is 0 Å². The molecule has 3 aliphatic rings. The predicted octanol–water partition coefficient (Wildman–Crippen LogP) is 1.74. The van der Waals surface area contributed by atoms with Gasteiger partial charge < -0.3 is 5.32 Å². The molecule has 23 heavy (non-hydrogen) atoms. The molecule has 1 saturated heterocycles. The number of hydrogen-bond acceptors (Lipinski definition) is 3. The Morgan fingerprint density at radius 2 is 1.83 bits per heavy atom. The number of aryl methyl sites for hydroxylation is 1. The minimum Gasteiger partial charge on any atom is -0.325 e. The molecule has 2 bridgehead atoms. The number of allylic oxidation sites excluding steroid dienone is 2. The van der Waals surface area contributed by atoms with Gasteiger partial charge in [0.2, 0.25) is 17.7 Å². The highest BCUT2D eigenvalue weighted by atomic mass is 16.2. The SMILES string of the molecule is Cc1cccc(NC(=O)CN2C(=O)[C@@H]3[C@@H](C2=O)[C@H]2C=C[C@H]3C2)c1. The van der Waals surface area contributed by atoms with Crippen LogP contribution in [0.15, 0.2) is 36.4 Å². The second-order valence-corrected chi connectivity index (χ2v) is 6.68. The molecule has 1 N–H and O–H groups in total. The fourth-order valence-electron chi connectivity index (χ4n) is 4.19. The van der Waals surface area contributed by atoms with Crippen molar-refractivity contribution in [2.45, 2.75) is 13.3 Å². The number of imide groups is 1. The monoisotopic (exact) mass is 310 g/mol. The number of benzene rings is 1. The Bertz CT molecular complexity index is 710. The Kier molecular flexibility index (Phi) is 3.11. The average molecular weight is 310 g/mol. The van der Waals surface area contributed by atoms with E-state index in [4.69, 9.17) is 0 Å². The molecule has 4 atom stereocenters. The fraction of sp³-hybridized carbons (Fsp3) is 0.389. The van der Waals surface area contributed by atoms with Crippen molar-refractivity contribution in [3.05, 3.63) is 42.0 Å². The quantitative estimate of drug-likeness (QED) is 0.683. The summed E-state index contributed by atoms with van der Waals surface area (Å²) in [7, 11) is 0. The molecule has 0 aromatic heterocycles. The van der Waals surface area contributed by atoms with Crippen molar-refractivity contribution < 1.29 is 14.4 Å². The van der Waals surface area contributed by atoms with Gasteiger partial charge in [-0.15, -0.1) is 0 Å². The van der Waals surface area contributed by atoms with E-state index in [1.165, 1.54) is 0 Å². The molecule has 118 valence electrons. The number of likely N-dealkylation sites (tertiary alicyclic amines) is 1. The highest BCUT2D eigenvalue weighted by Crippen LogP contribution is 2.52. The van der Waals surface area contributed by atoms with E-state index < -0.39 is 0 Å². The number of anilines is 1. The summed E-state index contributed by atoms with van der Waals surface area (Å²) in [5, 5.41) is 2.75. The van der Waals surface area contributed by atoms with E-state index >= 15 is 0 Å². The summed E-state index contributed by atoms with van der Waals surface area (Å²) in [6, 6.07) is 7.43. The van der Waals surface area contributed by atoms with Crippen molar-refractivity contribution in [3.8, 4) is 0 Å². The van der Waals surface area contributed by atoms with Crippen LogP contribution in [-0.2, 0) is 14.4 Å². The molecule has 1 aliphatic heterocycles. The van der Waals surface area contributed by atoms with Crippen LogP contribution in [0.25, 0.3) is 0 Å². The number of nitrogens with one attached hydrogen (secondary N) is 1. The van der Waals surface area contributed by atoms with E-state index in [0.29, 0.717) is 5.69 Å². The standard InChI is InChI=1S/C18H18N2O3/c1-10-3-2-4-13(7-10)19-14(21)9-20-17(22)15-11-5-6-12(8-11)16(15)18(20)23/h2-7,11-12,15-16H,8-9H2,1H3,(H,19,21)/t11-,12-,15-,16-/m0/s1. The molecule has 2 aliphatic carbocycles. The van der Waals surface area contributed by atoms with Crippen LogP contribution in [0.5, 0.6) is 0 Å². The van der Waals surface area contributed by atoms with E-state index in [-0.39, 0.29) is 47.9 Å². The molecule has 1 saturated carbocycles. The Labute approximate surface area is 134 Å². The number of hydrogen-bond donors (Lipinski definition) is 1. The maximum atomic E-state index is 12.5. The average Bonchev–Trinajstić information content (AvgIpc) is 3.17. The van der Waals surface area contributed by atoms with Crippen LogP contribution >= 0.6 is 0 Å². The summed E-state index contributed by atoms with van der Waals surface area (Å²) in [6.45, 7) is 1.74. The minimum atomic E-state index is -0.336. The van der Waals surface area contributed by atoms with Crippen molar-refractivity contribution >= 4 is 23.4 Å². The molecule has 1 aromatic carbocycles. The number of carbonyl (C=O) groups is 3. The molecule has 0 radical (unpaired) electrons. The van der Waals surface area contributed by atoms with Crippen LogP contribution in [0.2, 0.25) is 0 Å². The Hall–Kier alpha value is -2.43. The fourth-order valence-corrected chi connectivity index (χ4v) is 4.19. The third-order valence-electron chi connectivity index (χ3n) is 5.17. The van der Waals surface area contributed by atoms with Crippen molar-refractivity contribution in [3.63, 3.8) is 0 Å². The summed E-state index contributed by atoms with van der Waals surface area (Å²) in [5.41, 5.74) is 1.71. The molecule has 1 aromatic rings. The minimum absolute atomic E-state index is 0.172. The van der Waals surface area contributed by atoms with Gasteiger partial charge in [0, 0.05) is 5.69 Å². The second-order valence-electron chi connectivity index (χ2n) is 6.68. The van der Waals surface area contributed by atoms with Crippen LogP contribution in [0.3, 0.4) is 0 Å². The van der Waals surface area contributed by atoms with Crippen molar-refractivity contribution in [2.75, 3.05) is 11.9 Å². The van der Waals surface area contributed by atoms with E-state index in [1.54, 1.807) is 6.07 Å². The van der Waals surface area contributed by atoms with Gasteiger partial charge in [-0.1, -0.05) is 24.3 Å². The van der Waals surface area contributed by atoms with Gasteiger partial charge in [0.1, 0.15) is 6.54 Å². The van der Waals surface area contributed by atoms with Crippen molar-refractivity contribution in [2.24, 2.45) is 23.7 Å². The van der Waals surface area contributed by atoms with Gasteiger partial charge in [0.05, 0.1) is 11.8 Å². The smallest absolute Gasteiger partial charge is 0.244 e. The number of fused-ring (bicyclic) bond motifs is 5. The molecule has 5 nitrogen and oxygen atoms in total. The molecule has 3 amide bonds. The lowest BCUT2D eigenvalue weighted by Crippen LogP contribution is -2.39. The van der Waals surface area contributed by atoms with Gasteiger partial charge in [-0.2, -0.15) is 0 Å². The third kappa shape index (κ3) is 2.19. The molecule has 5 heteroatoms. The van der Waals surface area contributed by atoms with Gasteiger partial charge in [-0.25, -0.2) is 0 Å². The summed E-state index contributed by atoms with van der Waals surface area (Å²) in [6.07, 6.45) is 5.00. The zero-order valence-electron chi connectivity index (χ0n) is 12.9. The van der Waals surface area contributed by atoms with Gasteiger partial charge >= 0.3 is 0 Å². The zero-order chi connectivity index (χ0) is 16.1. The second kappa shape index (κ2) is 5.05. The summed E-state index contributed by atoms with van der Waals surface area (Å²) < 4.78 is 0. The van der Waals surface area contributed by atoms with E-state index in [0.717, 1.165) is 16.9 Å². The Balaban J connectivity index is 1.46. The van der Waals surface area contributed by atoms with Crippen LogP contribution < -0.4 is 5.32 Å². The number of carbonyl (C=O) groups excluding carboxylic acids is 3. The lowest BCUT2D eigenvalue weighted by molar-refractivity contribution is -0.143. The number of amides is 3. The van der Waals surface area contributed by atoms with Gasteiger partial charge in [-0.3, -0.25) is 19.3 Å². The first-order valence-corrected chi connectivity index (χ1v) is 7.94. The highest BCUT2D eigenvalue weighted by Gasteiger charge is 2.59. The van der Waals surface area contributed by atoms with E-state index in [9.17, 15) is 14.4 Å². The topological polar surface area (TPSA) is 66.5 Å².